The minimum Gasteiger partial charge on any atom is -0.314 e. The van der Waals surface area contributed by atoms with Crippen LogP contribution in [0.1, 0.15) is 51.9 Å². The fraction of sp³-hybridized carbons (Fsp3) is 1.00. The molecule has 0 aromatic rings. The monoisotopic (exact) mass is 210 g/mol. The zero-order chi connectivity index (χ0) is 10.7. The summed E-state index contributed by atoms with van der Waals surface area (Å²) in [5, 5.41) is 3.75. The Morgan fingerprint density at radius 1 is 1.13 bits per heavy atom. The van der Waals surface area contributed by atoms with E-state index in [4.69, 9.17) is 0 Å². The molecule has 2 bridgehead atoms. The van der Waals surface area contributed by atoms with Crippen molar-refractivity contribution in [3.05, 3.63) is 0 Å². The second-order valence-corrected chi connectivity index (χ2v) is 5.38. The summed E-state index contributed by atoms with van der Waals surface area (Å²) in [7, 11) is 2.32. The molecule has 2 aliphatic rings. The number of fused-ring (bicyclic) bond motifs is 2. The van der Waals surface area contributed by atoms with Gasteiger partial charge in [-0.05, 0) is 45.7 Å². The molecule has 2 nitrogen and oxygen atoms in total. The predicted octanol–water partition coefficient (Wildman–Crippen LogP) is 2.39. The largest absolute Gasteiger partial charge is 0.314 e. The number of hydrogen-bond acceptors (Lipinski definition) is 2. The summed E-state index contributed by atoms with van der Waals surface area (Å²) in [5.41, 5.74) is 0. The smallest absolute Gasteiger partial charge is 0.0111 e. The Hall–Kier alpha value is -0.0800. The molecule has 0 aromatic heterocycles. The van der Waals surface area contributed by atoms with Crippen LogP contribution in [0.3, 0.4) is 0 Å². The summed E-state index contributed by atoms with van der Waals surface area (Å²) in [5.74, 6) is 0. The highest BCUT2D eigenvalue weighted by Gasteiger charge is 2.37. The normalized spacial score (nSPS) is 36.0. The topological polar surface area (TPSA) is 15.3 Å². The van der Waals surface area contributed by atoms with Gasteiger partial charge in [-0.25, -0.2) is 0 Å². The Bertz CT molecular complexity index is 179. The Morgan fingerprint density at radius 2 is 1.80 bits per heavy atom. The maximum atomic E-state index is 3.75. The van der Waals surface area contributed by atoms with Crippen LogP contribution >= 0.6 is 0 Å². The third kappa shape index (κ3) is 2.73. The van der Waals surface area contributed by atoms with Crippen LogP contribution in [0, 0.1) is 0 Å². The van der Waals surface area contributed by atoms with E-state index in [-0.39, 0.29) is 0 Å². The molecule has 2 fully saturated rings. The molecule has 2 atom stereocenters. The van der Waals surface area contributed by atoms with Crippen molar-refractivity contribution >= 4 is 0 Å². The number of hydrogen-bond donors (Lipinski definition) is 1. The maximum Gasteiger partial charge on any atom is 0.0111 e. The number of nitrogens with zero attached hydrogens (tertiary/aromatic N) is 1. The second-order valence-electron chi connectivity index (χ2n) is 5.38. The van der Waals surface area contributed by atoms with Crippen LogP contribution in [0.15, 0.2) is 0 Å². The van der Waals surface area contributed by atoms with Crippen molar-refractivity contribution in [1.29, 1.82) is 0 Å². The lowest BCUT2D eigenvalue weighted by atomic mass is 9.98. The fourth-order valence-corrected chi connectivity index (χ4v) is 3.26. The number of rotatable bonds is 5. The first kappa shape index (κ1) is 11.4. The van der Waals surface area contributed by atoms with E-state index in [1.807, 2.05) is 0 Å². The molecule has 2 saturated heterocycles. The summed E-state index contributed by atoms with van der Waals surface area (Å²) in [6.07, 6.45) is 9.73. The molecule has 0 saturated carbocycles. The van der Waals surface area contributed by atoms with Crippen LogP contribution in [-0.4, -0.2) is 36.6 Å². The standard InChI is InChI=1S/C13H26N2/c1-3-4-5-8-14-11-9-12-6-7-13(10-11)15(12)2/h11-14H,3-10H2,1-2H3. The molecule has 2 heteroatoms. The van der Waals surface area contributed by atoms with Gasteiger partial charge in [0.1, 0.15) is 0 Å². The van der Waals surface area contributed by atoms with Crippen molar-refractivity contribution in [2.45, 2.75) is 70.0 Å². The minimum atomic E-state index is 0.815. The highest BCUT2D eigenvalue weighted by molar-refractivity contribution is 4.95. The van der Waals surface area contributed by atoms with Crippen LogP contribution in [0.25, 0.3) is 0 Å². The van der Waals surface area contributed by atoms with Gasteiger partial charge in [0, 0.05) is 18.1 Å². The molecule has 2 rings (SSSR count). The van der Waals surface area contributed by atoms with Crippen molar-refractivity contribution < 1.29 is 0 Å². The zero-order valence-corrected chi connectivity index (χ0v) is 10.3. The predicted molar refractivity (Wildman–Crippen MR) is 65.1 cm³/mol. The minimum absolute atomic E-state index is 0.815. The van der Waals surface area contributed by atoms with Gasteiger partial charge in [-0.3, -0.25) is 0 Å². The third-order valence-corrected chi connectivity index (χ3v) is 4.31. The Kier molecular flexibility index (Phi) is 4.04. The molecule has 15 heavy (non-hydrogen) atoms. The summed E-state index contributed by atoms with van der Waals surface area (Å²) in [6.45, 7) is 3.51. The Labute approximate surface area is 94.4 Å². The van der Waals surface area contributed by atoms with E-state index in [1.54, 1.807) is 0 Å². The molecule has 88 valence electrons. The molecule has 0 amide bonds. The van der Waals surface area contributed by atoms with Gasteiger partial charge in [0.15, 0.2) is 0 Å². The average molecular weight is 210 g/mol. The first-order chi connectivity index (χ1) is 7.31. The molecular formula is C13H26N2. The van der Waals surface area contributed by atoms with E-state index < -0.39 is 0 Å². The van der Waals surface area contributed by atoms with Gasteiger partial charge in [0.05, 0.1) is 0 Å². The van der Waals surface area contributed by atoms with Gasteiger partial charge < -0.3 is 10.2 Å². The van der Waals surface area contributed by atoms with Crippen LogP contribution in [0.4, 0.5) is 0 Å². The molecule has 1 N–H and O–H groups in total. The molecule has 0 aromatic carbocycles. The van der Waals surface area contributed by atoms with Crippen molar-refractivity contribution in [3.8, 4) is 0 Å². The Balaban J connectivity index is 1.68. The van der Waals surface area contributed by atoms with Gasteiger partial charge in [0.2, 0.25) is 0 Å². The van der Waals surface area contributed by atoms with E-state index in [1.165, 1.54) is 51.5 Å². The fourth-order valence-electron chi connectivity index (χ4n) is 3.26. The SMILES string of the molecule is CCCCCNC1CC2CCC(C1)N2C. The van der Waals surface area contributed by atoms with E-state index >= 15 is 0 Å². The Morgan fingerprint density at radius 3 is 2.40 bits per heavy atom. The summed E-state index contributed by atoms with van der Waals surface area (Å²) in [6, 6.07) is 2.58. The summed E-state index contributed by atoms with van der Waals surface area (Å²) >= 11 is 0. The van der Waals surface area contributed by atoms with Crippen molar-refractivity contribution in [1.82, 2.24) is 10.2 Å². The molecule has 0 spiro atoms. The van der Waals surface area contributed by atoms with Gasteiger partial charge >= 0.3 is 0 Å². The number of piperidine rings is 1. The first-order valence-electron chi connectivity index (χ1n) is 6.76. The van der Waals surface area contributed by atoms with E-state index in [0.29, 0.717) is 0 Å². The van der Waals surface area contributed by atoms with Crippen molar-refractivity contribution in [3.63, 3.8) is 0 Å². The van der Waals surface area contributed by atoms with E-state index in [0.717, 1.165) is 18.1 Å². The van der Waals surface area contributed by atoms with Crippen molar-refractivity contribution in [2.75, 3.05) is 13.6 Å². The number of unbranched alkanes of at least 4 members (excludes halogenated alkanes) is 2. The van der Waals surface area contributed by atoms with Gasteiger partial charge in [0.25, 0.3) is 0 Å². The third-order valence-electron chi connectivity index (χ3n) is 4.31. The summed E-state index contributed by atoms with van der Waals surface area (Å²) < 4.78 is 0. The molecule has 2 heterocycles. The van der Waals surface area contributed by atoms with Crippen LogP contribution in [0.2, 0.25) is 0 Å². The van der Waals surface area contributed by atoms with Crippen LogP contribution < -0.4 is 5.32 Å². The first-order valence-corrected chi connectivity index (χ1v) is 6.76. The van der Waals surface area contributed by atoms with E-state index in [2.05, 4.69) is 24.2 Å². The van der Waals surface area contributed by atoms with Gasteiger partial charge in [-0.2, -0.15) is 0 Å². The summed E-state index contributed by atoms with van der Waals surface area (Å²) in [4.78, 5) is 2.62. The molecule has 2 unspecified atom stereocenters. The second kappa shape index (κ2) is 5.31. The lowest BCUT2D eigenvalue weighted by molar-refractivity contribution is 0.149. The maximum absolute atomic E-state index is 3.75. The molecule has 2 aliphatic heterocycles. The van der Waals surface area contributed by atoms with E-state index in [9.17, 15) is 0 Å². The van der Waals surface area contributed by atoms with Crippen molar-refractivity contribution in [2.24, 2.45) is 0 Å². The van der Waals surface area contributed by atoms with Gasteiger partial charge in [-0.1, -0.05) is 19.8 Å². The van der Waals surface area contributed by atoms with Crippen LogP contribution in [-0.2, 0) is 0 Å². The number of nitrogens with one attached hydrogen (secondary N) is 1. The lowest BCUT2D eigenvalue weighted by Gasteiger charge is -2.36. The van der Waals surface area contributed by atoms with Crippen LogP contribution in [0.5, 0.6) is 0 Å². The lowest BCUT2D eigenvalue weighted by Crippen LogP contribution is -2.47. The highest BCUT2D eigenvalue weighted by atomic mass is 15.2. The molecule has 0 aliphatic carbocycles. The molecular weight excluding hydrogens is 184 g/mol. The average Bonchev–Trinajstić information content (AvgIpc) is 2.50. The quantitative estimate of drug-likeness (QED) is 0.701. The highest BCUT2D eigenvalue weighted by Crippen LogP contribution is 2.34. The van der Waals surface area contributed by atoms with Gasteiger partial charge in [-0.15, -0.1) is 0 Å². The molecule has 0 radical (unpaired) electrons. The zero-order valence-electron chi connectivity index (χ0n) is 10.3.